The van der Waals surface area contributed by atoms with Crippen LogP contribution in [0.4, 0.5) is 11.6 Å². The number of pyridine rings is 2. The number of aromatic nitrogens is 2. The van der Waals surface area contributed by atoms with E-state index >= 15 is 0 Å². The molecule has 0 saturated carbocycles. The van der Waals surface area contributed by atoms with E-state index in [0.29, 0.717) is 41.2 Å². The normalized spacial score (nSPS) is 14.3. The quantitative estimate of drug-likeness (QED) is 0.512. The molecule has 4 N–H and O–H groups in total. The highest BCUT2D eigenvalue weighted by Crippen LogP contribution is 2.22. The molecular formula is C24H27ClN6O2. The first-order valence-electron chi connectivity index (χ1n) is 11.0. The topological polar surface area (TPSA) is 113 Å². The summed E-state index contributed by atoms with van der Waals surface area (Å²) in [5.74, 6) is 1.26. The molecule has 2 amide bonds. The predicted octanol–water partition coefficient (Wildman–Crippen LogP) is 3.47. The molecule has 0 aliphatic carbocycles. The number of nitrogens with zero attached hydrogens (tertiary/aromatic N) is 3. The Labute approximate surface area is 197 Å². The molecular weight excluding hydrogens is 440 g/mol. The van der Waals surface area contributed by atoms with Gasteiger partial charge >= 0.3 is 0 Å². The number of carbonyl (C=O) groups is 2. The third kappa shape index (κ3) is 5.51. The molecule has 1 aliphatic rings. The van der Waals surface area contributed by atoms with Gasteiger partial charge in [0.05, 0.1) is 10.6 Å². The Morgan fingerprint density at radius 2 is 1.97 bits per heavy atom. The van der Waals surface area contributed by atoms with E-state index in [1.807, 2.05) is 29.2 Å². The maximum atomic E-state index is 13.0. The van der Waals surface area contributed by atoms with Gasteiger partial charge < -0.3 is 21.3 Å². The van der Waals surface area contributed by atoms with E-state index < -0.39 is 0 Å². The van der Waals surface area contributed by atoms with Crippen molar-refractivity contribution in [1.29, 1.82) is 0 Å². The fraction of sp³-hybridized carbons (Fsp3) is 0.333. The lowest BCUT2D eigenvalue weighted by molar-refractivity contribution is -0.130. The van der Waals surface area contributed by atoms with Crippen molar-refractivity contribution in [1.82, 2.24) is 20.2 Å². The van der Waals surface area contributed by atoms with Crippen molar-refractivity contribution < 1.29 is 9.59 Å². The number of amides is 2. The molecule has 3 heterocycles. The van der Waals surface area contributed by atoms with E-state index in [0.717, 1.165) is 42.3 Å². The Kier molecular flexibility index (Phi) is 6.93. The van der Waals surface area contributed by atoms with Crippen molar-refractivity contribution >= 4 is 45.8 Å². The lowest BCUT2D eigenvalue weighted by Gasteiger charge is -2.31. The van der Waals surface area contributed by atoms with E-state index in [2.05, 4.69) is 20.6 Å². The molecule has 8 nitrogen and oxygen atoms in total. The molecule has 33 heavy (non-hydrogen) atoms. The summed E-state index contributed by atoms with van der Waals surface area (Å²) in [5.41, 5.74) is 7.26. The van der Waals surface area contributed by atoms with Crippen LogP contribution in [0.3, 0.4) is 0 Å². The van der Waals surface area contributed by atoms with Crippen molar-refractivity contribution in [3.8, 4) is 0 Å². The van der Waals surface area contributed by atoms with Crippen LogP contribution in [0.2, 0.25) is 5.02 Å². The molecule has 3 aromatic rings. The van der Waals surface area contributed by atoms with Crippen LogP contribution in [-0.2, 0) is 11.3 Å². The number of nitrogen functional groups attached to an aromatic ring is 1. The summed E-state index contributed by atoms with van der Waals surface area (Å²) in [5, 5.41) is 8.51. The van der Waals surface area contributed by atoms with E-state index in [9.17, 15) is 9.59 Å². The van der Waals surface area contributed by atoms with E-state index in [4.69, 9.17) is 17.3 Å². The Hall–Kier alpha value is -3.39. The molecule has 0 spiro atoms. The van der Waals surface area contributed by atoms with Gasteiger partial charge in [-0.2, -0.15) is 0 Å². The van der Waals surface area contributed by atoms with E-state index in [1.54, 1.807) is 19.2 Å². The highest BCUT2D eigenvalue weighted by molar-refractivity contribution is 6.31. The SMILES string of the molecule is CC(=O)N1CCC(CNc2ncc(Cl)cc2C(=O)NCc2ccc3c(N)nccc3c2)CC1. The number of benzene rings is 1. The molecule has 172 valence electrons. The molecule has 1 saturated heterocycles. The first kappa shape index (κ1) is 22.8. The molecule has 0 bridgehead atoms. The fourth-order valence-electron chi connectivity index (χ4n) is 4.08. The van der Waals surface area contributed by atoms with Crippen molar-refractivity contribution in [2.75, 3.05) is 30.7 Å². The Bertz CT molecular complexity index is 1180. The van der Waals surface area contributed by atoms with Crippen LogP contribution in [0.1, 0.15) is 35.7 Å². The number of hydrogen-bond acceptors (Lipinski definition) is 6. The van der Waals surface area contributed by atoms with Gasteiger partial charge in [0.15, 0.2) is 0 Å². The number of anilines is 2. The number of halogens is 1. The molecule has 9 heteroatoms. The first-order valence-corrected chi connectivity index (χ1v) is 11.3. The van der Waals surface area contributed by atoms with Crippen LogP contribution in [0.5, 0.6) is 0 Å². The third-order valence-corrected chi connectivity index (χ3v) is 6.24. The van der Waals surface area contributed by atoms with Gasteiger partial charge in [-0.25, -0.2) is 9.97 Å². The average molecular weight is 467 g/mol. The minimum Gasteiger partial charge on any atom is -0.383 e. The van der Waals surface area contributed by atoms with Gasteiger partial charge in [0.2, 0.25) is 5.91 Å². The Morgan fingerprint density at radius 1 is 1.18 bits per heavy atom. The van der Waals surface area contributed by atoms with E-state index in [1.165, 1.54) is 6.20 Å². The molecule has 4 rings (SSSR count). The van der Waals surface area contributed by atoms with Crippen LogP contribution in [0.25, 0.3) is 10.8 Å². The number of nitrogens with one attached hydrogen (secondary N) is 2. The van der Waals surface area contributed by atoms with Crippen molar-refractivity contribution in [3.05, 3.63) is 58.9 Å². The zero-order chi connectivity index (χ0) is 23.4. The number of carbonyl (C=O) groups excluding carboxylic acids is 2. The van der Waals surface area contributed by atoms with Crippen LogP contribution in [0.15, 0.2) is 42.7 Å². The summed E-state index contributed by atoms with van der Waals surface area (Å²) >= 11 is 6.13. The molecule has 0 unspecified atom stereocenters. The summed E-state index contributed by atoms with van der Waals surface area (Å²) in [6, 6.07) is 9.32. The summed E-state index contributed by atoms with van der Waals surface area (Å²) < 4.78 is 0. The van der Waals surface area contributed by atoms with Gasteiger partial charge in [-0.3, -0.25) is 9.59 Å². The van der Waals surface area contributed by atoms with Gasteiger partial charge in [0.1, 0.15) is 11.6 Å². The molecule has 0 atom stereocenters. The Morgan fingerprint density at radius 3 is 2.73 bits per heavy atom. The molecule has 1 aromatic carbocycles. The van der Waals surface area contributed by atoms with Gasteiger partial charge in [-0.1, -0.05) is 23.7 Å². The third-order valence-electron chi connectivity index (χ3n) is 6.03. The molecule has 0 radical (unpaired) electrons. The minimum atomic E-state index is -0.256. The summed E-state index contributed by atoms with van der Waals surface area (Å²) in [4.78, 5) is 34.8. The van der Waals surface area contributed by atoms with Crippen molar-refractivity contribution in [3.63, 3.8) is 0 Å². The zero-order valence-corrected chi connectivity index (χ0v) is 19.2. The van der Waals surface area contributed by atoms with Crippen molar-refractivity contribution in [2.24, 2.45) is 5.92 Å². The number of nitrogens with two attached hydrogens (primary N) is 1. The molecule has 1 fully saturated rings. The van der Waals surface area contributed by atoms with Gasteiger partial charge in [-0.15, -0.1) is 0 Å². The predicted molar refractivity (Wildman–Crippen MR) is 130 cm³/mol. The summed E-state index contributed by atoms with van der Waals surface area (Å²) in [7, 11) is 0. The highest BCUT2D eigenvalue weighted by atomic mass is 35.5. The minimum absolute atomic E-state index is 0.117. The monoisotopic (exact) mass is 466 g/mol. The standard InChI is InChI=1S/C24H27ClN6O2/c1-15(32)31-8-5-16(6-9-31)12-28-23-21(11-19(25)14-29-23)24(33)30-13-17-2-3-20-18(10-17)4-7-27-22(20)26/h2-4,7,10-11,14,16H,5-6,8-9,12-13H2,1H3,(H2,26,27)(H,28,29)(H,30,33). The van der Waals surface area contributed by atoms with Gasteiger partial charge in [0.25, 0.3) is 5.91 Å². The lowest BCUT2D eigenvalue weighted by atomic mass is 9.96. The number of hydrogen-bond donors (Lipinski definition) is 3. The first-order chi connectivity index (χ1) is 15.9. The summed E-state index contributed by atoms with van der Waals surface area (Å²) in [6.07, 6.45) is 5.04. The van der Waals surface area contributed by atoms with Crippen LogP contribution < -0.4 is 16.4 Å². The largest absolute Gasteiger partial charge is 0.383 e. The van der Waals surface area contributed by atoms with E-state index in [-0.39, 0.29) is 11.8 Å². The van der Waals surface area contributed by atoms with Crippen LogP contribution in [0, 0.1) is 5.92 Å². The average Bonchev–Trinajstić information content (AvgIpc) is 2.82. The smallest absolute Gasteiger partial charge is 0.255 e. The zero-order valence-electron chi connectivity index (χ0n) is 18.5. The highest BCUT2D eigenvalue weighted by Gasteiger charge is 2.21. The van der Waals surface area contributed by atoms with Gasteiger partial charge in [-0.05, 0) is 47.9 Å². The second-order valence-electron chi connectivity index (χ2n) is 8.31. The fourth-order valence-corrected chi connectivity index (χ4v) is 4.24. The van der Waals surface area contributed by atoms with Crippen molar-refractivity contribution in [2.45, 2.75) is 26.3 Å². The number of rotatable bonds is 6. The maximum Gasteiger partial charge on any atom is 0.255 e. The molecule has 2 aromatic heterocycles. The second-order valence-corrected chi connectivity index (χ2v) is 8.75. The summed E-state index contributed by atoms with van der Waals surface area (Å²) in [6.45, 7) is 4.16. The maximum absolute atomic E-state index is 13.0. The van der Waals surface area contributed by atoms with Crippen LogP contribution in [-0.4, -0.2) is 46.3 Å². The lowest BCUT2D eigenvalue weighted by Crippen LogP contribution is -2.38. The second kappa shape index (κ2) is 10.0. The van der Waals surface area contributed by atoms with Crippen LogP contribution >= 0.6 is 11.6 Å². The van der Waals surface area contributed by atoms with Gasteiger partial charge in [0, 0.05) is 50.9 Å². The molecule has 1 aliphatic heterocycles. The number of likely N-dealkylation sites (tertiary alicyclic amines) is 1. The number of piperidine rings is 1. The number of fused-ring (bicyclic) bond motifs is 1. The Balaban J connectivity index is 1.39.